The van der Waals surface area contributed by atoms with Crippen molar-refractivity contribution >= 4 is 22.8 Å². The molecule has 5 N–H and O–H groups in total. The van der Waals surface area contributed by atoms with Crippen LogP contribution in [0.25, 0.3) is 10.9 Å². The predicted molar refractivity (Wildman–Crippen MR) is 102 cm³/mol. The number of carbonyl (C=O) groups excluding carboxylic acids is 1. The minimum Gasteiger partial charge on any atom is -0.393 e. The quantitative estimate of drug-likeness (QED) is 0.649. The van der Waals surface area contributed by atoms with Crippen LogP contribution >= 0.6 is 0 Å². The van der Waals surface area contributed by atoms with Crippen LogP contribution in [0.4, 0.5) is 5.95 Å². The van der Waals surface area contributed by atoms with Crippen molar-refractivity contribution in [3.63, 3.8) is 0 Å². The van der Waals surface area contributed by atoms with Gasteiger partial charge in [0.1, 0.15) is 0 Å². The van der Waals surface area contributed by atoms with Crippen molar-refractivity contribution in [1.29, 1.82) is 0 Å². The number of nitrogens with one attached hydrogen (secondary N) is 2. The first-order chi connectivity index (χ1) is 12.3. The van der Waals surface area contributed by atoms with Gasteiger partial charge in [-0.05, 0) is 45.6 Å². The molecule has 0 spiro atoms. The fourth-order valence-corrected chi connectivity index (χ4v) is 3.11. The molecular weight excluding hydrogens is 330 g/mol. The Morgan fingerprint density at radius 1 is 1.31 bits per heavy atom. The van der Waals surface area contributed by atoms with Crippen molar-refractivity contribution in [2.75, 3.05) is 11.9 Å². The molecule has 0 unspecified atom stereocenters. The van der Waals surface area contributed by atoms with Gasteiger partial charge < -0.3 is 21.5 Å². The van der Waals surface area contributed by atoms with Crippen molar-refractivity contribution in [2.45, 2.75) is 57.2 Å². The second-order valence-electron chi connectivity index (χ2n) is 7.76. The third-order valence-electron chi connectivity index (χ3n) is 4.59. The number of hydrogen-bond donors (Lipinski definition) is 4. The van der Waals surface area contributed by atoms with Crippen molar-refractivity contribution in [1.82, 2.24) is 15.3 Å². The van der Waals surface area contributed by atoms with Gasteiger partial charge in [0.2, 0.25) is 5.95 Å². The fourth-order valence-electron chi connectivity index (χ4n) is 3.11. The smallest absolute Gasteiger partial charge is 0.253 e. The van der Waals surface area contributed by atoms with E-state index in [1.807, 2.05) is 26.0 Å². The molecular formula is C19H27N5O2. The molecule has 1 aromatic heterocycles. The molecule has 140 valence electrons. The second-order valence-corrected chi connectivity index (χ2v) is 7.76. The SMILES string of the molecule is CC(C)(N)CNC(=O)c1cccc2cnc(N[C@H]3CC[C@H](O)CC3)nc12. The molecule has 0 aliphatic heterocycles. The van der Waals surface area contributed by atoms with Gasteiger partial charge in [-0.25, -0.2) is 9.97 Å². The number of aromatic nitrogens is 2. The lowest BCUT2D eigenvalue weighted by Crippen LogP contribution is -2.45. The molecule has 0 atom stereocenters. The van der Waals surface area contributed by atoms with Gasteiger partial charge in [-0.15, -0.1) is 0 Å². The summed E-state index contributed by atoms with van der Waals surface area (Å²) in [6.07, 6.45) is 4.87. The van der Waals surface area contributed by atoms with Gasteiger partial charge >= 0.3 is 0 Å². The third kappa shape index (κ3) is 4.68. The van der Waals surface area contributed by atoms with Gasteiger partial charge in [0, 0.05) is 29.7 Å². The Kier molecular flexibility index (Phi) is 5.38. The van der Waals surface area contributed by atoms with E-state index in [0.717, 1.165) is 31.1 Å². The maximum atomic E-state index is 12.6. The van der Waals surface area contributed by atoms with E-state index < -0.39 is 5.54 Å². The molecule has 1 aliphatic carbocycles. The minimum atomic E-state index is -0.479. The summed E-state index contributed by atoms with van der Waals surface area (Å²) in [5.41, 5.74) is 6.59. The normalized spacial score (nSPS) is 20.8. The van der Waals surface area contributed by atoms with E-state index in [2.05, 4.69) is 20.6 Å². The first-order valence-corrected chi connectivity index (χ1v) is 9.09. The number of carbonyl (C=O) groups is 1. The van der Waals surface area contributed by atoms with Gasteiger partial charge in [-0.3, -0.25) is 4.79 Å². The number of benzene rings is 1. The highest BCUT2D eigenvalue weighted by Gasteiger charge is 2.20. The number of fused-ring (bicyclic) bond motifs is 1. The summed E-state index contributed by atoms with van der Waals surface area (Å²) in [6, 6.07) is 5.72. The lowest BCUT2D eigenvalue weighted by molar-refractivity contribution is 0.0947. The molecule has 2 aromatic rings. The standard InChI is InChI=1S/C19H27N5O2/c1-19(2,20)11-22-17(26)15-5-3-4-12-10-21-18(24-16(12)15)23-13-6-8-14(25)9-7-13/h3-5,10,13-14,25H,6-9,11,20H2,1-2H3,(H,22,26)(H,21,23,24)/t13-,14-. The van der Waals surface area contributed by atoms with E-state index in [-0.39, 0.29) is 18.1 Å². The van der Waals surface area contributed by atoms with E-state index in [0.29, 0.717) is 23.6 Å². The second kappa shape index (κ2) is 7.55. The Morgan fingerprint density at radius 2 is 2.04 bits per heavy atom. The number of amides is 1. The Hall–Kier alpha value is -2.25. The first kappa shape index (κ1) is 18.5. The van der Waals surface area contributed by atoms with E-state index >= 15 is 0 Å². The Balaban J connectivity index is 1.80. The topological polar surface area (TPSA) is 113 Å². The Labute approximate surface area is 153 Å². The average Bonchev–Trinajstić information content (AvgIpc) is 2.60. The molecule has 7 nitrogen and oxygen atoms in total. The summed E-state index contributed by atoms with van der Waals surface area (Å²) < 4.78 is 0. The van der Waals surface area contributed by atoms with Crippen molar-refractivity contribution in [2.24, 2.45) is 5.73 Å². The van der Waals surface area contributed by atoms with E-state index in [9.17, 15) is 9.90 Å². The summed E-state index contributed by atoms with van der Waals surface area (Å²) in [5, 5.41) is 16.6. The monoisotopic (exact) mass is 357 g/mol. The highest BCUT2D eigenvalue weighted by atomic mass is 16.3. The first-order valence-electron chi connectivity index (χ1n) is 9.09. The van der Waals surface area contributed by atoms with Crippen LogP contribution in [0, 0.1) is 0 Å². The molecule has 1 heterocycles. The number of aliphatic hydroxyl groups excluding tert-OH is 1. The zero-order valence-corrected chi connectivity index (χ0v) is 15.3. The number of aliphatic hydroxyl groups is 1. The molecule has 1 fully saturated rings. The average molecular weight is 357 g/mol. The van der Waals surface area contributed by atoms with Gasteiger partial charge in [-0.1, -0.05) is 12.1 Å². The van der Waals surface area contributed by atoms with Gasteiger partial charge in [0.15, 0.2) is 0 Å². The Morgan fingerprint density at radius 3 is 2.73 bits per heavy atom. The zero-order valence-electron chi connectivity index (χ0n) is 15.3. The number of nitrogens with two attached hydrogens (primary N) is 1. The molecule has 1 amide bonds. The molecule has 0 bridgehead atoms. The molecule has 3 rings (SSSR count). The van der Waals surface area contributed by atoms with Crippen LogP contribution in [0.5, 0.6) is 0 Å². The number of hydrogen-bond acceptors (Lipinski definition) is 6. The predicted octanol–water partition coefficient (Wildman–Crippen LogP) is 1.81. The lowest BCUT2D eigenvalue weighted by Gasteiger charge is -2.26. The van der Waals surface area contributed by atoms with Crippen LogP contribution < -0.4 is 16.4 Å². The summed E-state index contributed by atoms with van der Waals surface area (Å²) >= 11 is 0. The van der Waals surface area contributed by atoms with Crippen LogP contribution in [0.15, 0.2) is 24.4 Å². The number of rotatable bonds is 5. The molecule has 0 saturated heterocycles. The van der Waals surface area contributed by atoms with E-state index in [4.69, 9.17) is 5.73 Å². The van der Waals surface area contributed by atoms with Crippen LogP contribution in [-0.4, -0.2) is 45.2 Å². The summed E-state index contributed by atoms with van der Waals surface area (Å²) in [6.45, 7) is 4.10. The number of anilines is 1. The highest BCUT2D eigenvalue weighted by molar-refractivity contribution is 6.05. The molecule has 0 radical (unpaired) electrons. The van der Waals surface area contributed by atoms with Gasteiger partial charge in [-0.2, -0.15) is 0 Å². The molecule has 1 saturated carbocycles. The van der Waals surface area contributed by atoms with Crippen molar-refractivity contribution in [3.8, 4) is 0 Å². The largest absolute Gasteiger partial charge is 0.393 e. The number of nitrogens with zero attached hydrogens (tertiary/aromatic N) is 2. The summed E-state index contributed by atoms with van der Waals surface area (Å²) in [5.74, 6) is 0.317. The maximum absolute atomic E-state index is 12.6. The third-order valence-corrected chi connectivity index (χ3v) is 4.59. The van der Waals surface area contributed by atoms with Crippen LogP contribution in [0.1, 0.15) is 49.9 Å². The van der Waals surface area contributed by atoms with Crippen LogP contribution in [-0.2, 0) is 0 Å². The van der Waals surface area contributed by atoms with Crippen LogP contribution in [0.2, 0.25) is 0 Å². The van der Waals surface area contributed by atoms with E-state index in [1.165, 1.54) is 0 Å². The molecule has 1 aromatic carbocycles. The lowest BCUT2D eigenvalue weighted by atomic mass is 9.93. The molecule has 7 heteroatoms. The van der Waals surface area contributed by atoms with E-state index in [1.54, 1.807) is 12.3 Å². The fraction of sp³-hybridized carbons (Fsp3) is 0.526. The zero-order chi connectivity index (χ0) is 18.7. The number of para-hydroxylation sites is 1. The van der Waals surface area contributed by atoms with Crippen LogP contribution in [0.3, 0.4) is 0 Å². The minimum absolute atomic E-state index is 0.195. The molecule has 1 aliphatic rings. The van der Waals surface area contributed by atoms with Crippen molar-refractivity contribution in [3.05, 3.63) is 30.0 Å². The highest BCUT2D eigenvalue weighted by Crippen LogP contribution is 2.22. The summed E-state index contributed by atoms with van der Waals surface area (Å²) in [7, 11) is 0. The maximum Gasteiger partial charge on any atom is 0.253 e. The van der Waals surface area contributed by atoms with Crippen molar-refractivity contribution < 1.29 is 9.90 Å². The molecule has 26 heavy (non-hydrogen) atoms. The van der Waals surface area contributed by atoms with Gasteiger partial charge in [0.25, 0.3) is 5.91 Å². The Bertz CT molecular complexity index is 779. The summed E-state index contributed by atoms with van der Waals surface area (Å²) in [4.78, 5) is 21.5. The van der Waals surface area contributed by atoms with Gasteiger partial charge in [0.05, 0.1) is 17.2 Å².